The largest absolute Gasteiger partial charge is 0.497 e. The van der Waals surface area contributed by atoms with Crippen molar-refractivity contribution < 1.29 is 28.7 Å². The van der Waals surface area contributed by atoms with Crippen LogP contribution in [-0.4, -0.2) is 62.0 Å². The fraction of sp³-hybridized carbons (Fsp3) is 0.385. The standard InChI is InChI=1S/C26H29N3O6/c1-34-19-9-7-17(8-10-19)12-21(29-25(32)18-13-23(30)27-14-18)26(33)28-20(24(31)22-15-35-22)11-16-5-3-2-4-6-16/h2-10,18,20-22H,11-15H2,1H3,(H,27,30)(H,28,33)(H,29,32). The molecular weight excluding hydrogens is 450 g/mol. The first-order valence-electron chi connectivity index (χ1n) is 11.6. The number of methoxy groups -OCH3 is 1. The lowest BCUT2D eigenvalue weighted by molar-refractivity contribution is -0.133. The summed E-state index contributed by atoms with van der Waals surface area (Å²) in [5, 5.41) is 8.27. The smallest absolute Gasteiger partial charge is 0.243 e. The second-order valence-corrected chi connectivity index (χ2v) is 8.79. The predicted molar refractivity (Wildman–Crippen MR) is 127 cm³/mol. The number of ketones is 1. The van der Waals surface area contributed by atoms with Crippen LogP contribution in [0.3, 0.4) is 0 Å². The van der Waals surface area contributed by atoms with Crippen molar-refractivity contribution in [1.82, 2.24) is 16.0 Å². The maximum Gasteiger partial charge on any atom is 0.243 e. The van der Waals surface area contributed by atoms with E-state index in [1.54, 1.807) is 19.2 Å². The molecule has 3 N–H and O–H groups in total. The number of carbonyl (C=O) groups excluding carboxylic acids is 4. The molecule has 2 fully saturated rings. The maximum atomic E-state index is 13.4. The van der Waals surface area contributed by atoms with E-state index in [0.29, 0.717) is 18.8 Å². The number of Topliss-reactive ketones (excluding diaryl/α,β-unsaturated/α-hetero) is 1. The molecule has 2 heterocycles. The molecule has 0 aromatic heterocycles. The van der Waals surface area contributed by atoms with E-state index >= 15 is 0 Å². The van der Waals surface area contributed by atoms with Gasteiger partial charge in [0.05, 0.1) is 25.7 Å². The Kier molecular flexibility index (Phi) is 7.77. The van der Waals surface area contributed by atoms with Gasteiger partial charge in [-0.3, -0.25) is 19.2 Å². The third kappa shape index (κ3) is 6.66. The minimum atomic E-state index is -0.933. The van der Waals surface area contributed by atoms with Crippen LogP contribution in [0.25, 0.3) is 0 Å². The van der Waals surface area contributed by atoms with Gasteiger partial charge in [0.1, 0.15) is 17.9 Å². The van der Waals surface area contributed by atoms with E-state index in [9.17, 15) is 19.2 Å². The van der Waals surface area contributed by atoms with Gasteiger partial charge >= 0.3 is 0 Å². The molecule has 4 rings (SSSR count). The Balaban J connectivity index is 1.50. The molecule has 9 heteroatoms. The van der Waals surface area contributed by atoms with E-state index in [4.69, 9.17) is 9.47 Å². The minimum Gasteiger partial charge on any atom is -0.497 e. The molecule has 2 aromatic carbocycles. The van der Waals surface area contributed by atoms with Crippen molar-refractivity contribution in [2.75, 3.05) is 20.3 Å². The van der Waals surface area contributed by atoms with Gasteiger partial charge < -0.3 is 25.4 Å². The molecule has 2 aliphatic heterocycles. The first kappa shape index (κ1) is 24.4. The number of nitrogens with one attached hydrogen (secondary N) is 3. The molecule has 9 nitrogen and oxygen atoms in total. The zero-order valence-electron chi connectivity index (χ0n) is 19.5. The third-order valence-electron chi connectivity index (χ3n) is 6.17. The van der Waals surface area contributed by atoms with E-state index in [1.807, 2.05) is 42.5 Å². The van der Waals surface area contributed by atoms with Gasteiger partial charge in [0.15, 0.2) is 5.78 Å². The number of ether oxygens (including phenoxy) is 2. The number of hydrogen-bond acceptors (Lipinski definition) is 6. The monoisotopic (exact) mass is 479 g/mol. The SMILES string of the molecule is COc1ccc(CC(NC(=O)C2CNC(=O)C2)C(=O)NC(Cc2ccccc2)C(=O)C2CO2)cc1. The molecule has 2 aromatic rings. The molecule has 3 amide bonds. The summed E-state index contributed by atoms with van der Waals surface area (Å²) in [6, 6.07) is 14.9. The minimum absolute atomic E-state index is 0.0802. The summed E-state index contributed by atoms with van der Waals surface area (Å²) in [5.41, 5.74) is 1.71. The molecule has 0 radical (unpaired) electrons. The Morgan fingerprint density at radius 2 is 1.66 bits per heavy atom. The lowest BCUT2D eigenvalue weighted by Crippen LogP contribution is -2.54. The second kappa shape index (κ2) is 11.1. The summed E-state index contributed by atoms with van der Waals surface area (Å²) in [7, 11) is 1.57. The van der Waals surface area contributed by atoms with Crippen LogP contribution in [0, 0.1) is 5.92 Å². The molecule has 0 saturated carbocycles. The predicted octanol–water partition coefficient (Wildman–Crippen LogP) is 0.554. The molecule has 2 aliphatic rings. The molecule has 35 heavy (non-hydrogen) atoms. The van der Waals surface area contributed by atoms with Crippen LogP contribution in [0.1, 0.15) is 17.5 Å². The Labute approximate surface area is 203 Å². The van der Waals surface area contributed by atoms with Gasteiger partial charge in [-0.05, 0) is 29.7 Å². The maximum absolute atomic E-state index is 13.4. The van der Waals surface area contributed by atoms with Crippen molar-refractivity contribution in [3.05, 3.63) is 65.7 Å². The summed E-state index contributed by atoms with van der Waals surface area (Å²) in [4.78, 5) is 50.7. The lowest BCUT2D eigenvalue weighted by Gasteiger charge is -2.24. The summed E-state index contributed by atoms with van der Waals surface area (Å²) in [6.07, 6.45) is 0.0861. The number of benzene rings is 2. The van der Waals surface area contributed by atoms with Gasteiger partial charge in [-0.1, -0.05) is 42.5 Å². The number of hydrogen-bond donors (Lipinski definition) is 3. The lowest BCUT2D eigenvalue weighted by atomic mass is 9.98. The van der Waals surface area contributed by atoms with Gasteiger partial charge in [-0.2, -0.15) is 0 Å². The highest BCUT2D eigenvalue weighted by atomic mass is 16.6. The van der Waals surface area contributed by atoms with Crippen LogP contribution in [0.2, 0.25) is 0 Å². The molecule has 0 spiro atoms. The van der Waals surface area contributed by atoms with Gasteiger partial charge in [-0.15, -0.1) is 0 Å². The number of amides is 3. The van der Waals surface area contributed by atoms with Crippen LogP contribution in [0.15, 0.2) is 54.6 Å². The molecule has 2 saturated heterocycles. The molecule has 184 valence electrons. The number of rotatable bonds is 11. The fourth-order valence-corrected chi connectivity index (χ4v) is 4.07. The van der Waals surface area contributed by atoms with Gasteiger partial charge in [0, 0.05) is 19.4 Å². The average molecular weight is 480 g/mol. The summed E-state index contributed by atoms with van der Waals surface area (Å²) < 4.78 is 10.4. The Morgan fingerprint density at radius 3 is 2.26 bits per heavy atom. The fourth-order valence-electron chi connectivity index (χ4n) is 4.07. The van der Waals surface area contributed by atoms with E-state index < -0.39 is 30.0 Å². The topological polar surface area (TPSA) is 126 Å². The van der Waals surface area contributed by atoms with Crippen LogP contribution in [-0.2, 0) is 36.8 Å². The van der Waals surface area contributed by atoms with Gasteiger partial charge in [0.25, 0.3) is 0 Å². The molecule has 0 aliphatic carbocycles. The third-order valence-corrected chi connectivity index (χ3v) is 6.17. The first-order chi connectivity index (χ1) is 16.9. The molecule has 0 bridgehead atoms. The van der Waals surface area contributed by atoms with Crippen LogP contribution in [0.5, 0.6) is 5.75 Å². The highest BCUT2D eigenvalue weighted by Crippen LogP contribution is 2.17. The van der Waals surface area contributed by atoms with E-state index in [1.165, 1.54) is 0 Å². The van der Waals surface area contributed by atoms with Crippen molar-refractivity contribution in [3.8, 4) is 5.75 Å². The van der Waals surface area contributed by atoms with Crippen molar-refractivity contribution in [1.29, 1.82) is 0 Å². The normalized spacial score (nSPS) is 20.3. The van der Waals surface area contributed by atoms with Crippen molar-refractivity contribution in [2.45, 2.75) is 37.5 Å². The van der Waals surface area contributed by atoms with E-state index in [0.717, 1.165) is 11.1 Å². The Bertz CT molecular complexity index is 1070. The van der Waals surface area contributed by atoms with Crippen molar-refractivity contribution in [2.24, 2.45) is 5.92 Å². The van der Waals surface area contributed by atoms with Crippen molar-refractivity contribution >= 4 is 23.5 Å². The highest BCUT2D eigenvalue weighted by molar-refractivity contribution is 5.96. The quantitative estimate of drug-likeness (QED) is 0.404. The molecule has 4 atom stereocenters. The second-order valence-electron chi connectivity index (χ2n) is 8.79. The Morgan fingerprint density at radius 1 is 1.00 bits per heavy atom. The Hall–Kier alpha value is -3.72. The van der Waals surface area contributed by atoms with Crippen LogP contribution < -0.4 is 20.7 Å². The summed E-state index contributed by atoms with van der Waals surface area (Å²) in [6.45, 7) is 0.574. The van der Waals surface area contributed by atoms with Crippen LogP contribution in [0.4, 0.5) is 0 Å². The molecule has 4 unspecified atom stereocenters. The zero-order valence-corrected chi connectivity index (χ0v) is 19.5. The first-order valence-corrected chi connectivity index (χ1v) is 11.6. The average Bonchev–Trinajstić information content (AvgIpc) is 3.63. The van der Waals surface area contributed by atoms with Crippen molar-refractivity contribution in [3.63, 3.8) is 0 Å². The van der Waals surface area contributed by atoms with Gasteiger partial charge in [-0.25, -0.2) is 0 Å². The summed E-state index contributed by atoms with van der Waals surface area (Å²) >= 11 is 0. The number of epoxide rings is 1. The summed E-state index contributed by atoms with van der Waals surface area (Å²) in [5.74, 6) is -1.11. The van der Waals surface area contributed by atoms with E-state index in [-0.39, 0.29) is 37.0 Å². The molecular formula is C26H29N3O6. The van der Waals surface area contributed by atoms with Crippen LogP contribution >= 0.6 is 0 Å². The van der Waals surface area contributed by atoms with Gasteiger partial charge in [0.2, 0.25) is 17.7 Å². The number of carbonyl (C=O) groups is 4. The highest BCUT2D eigenvalue weighted by Gasteiger charge is 2.38. The zero-order chi connectivity index (χ0) is 24.8. The van der Waals surface area contributed by atoms with E-state index in [2.05, 4.69) is 16.0 Å².